The van der Waals surface area contributed by atoms with Crippen LogP contribution in [0.25, 0.3) is 10.8 Å². The molecule has 3 aromatic carbocycles. The van der Waals surface area contributed by atoms with E-state index in [9.17, 15) is 27.6 Å². The molecule has 0 fully saturated rings. The van der Waals surface area contributed by atoms with Gasteiger partial charge in [-0.25, -0.2) is 14.6 Å². The molecule has 2 amide bonds. The number of nitrogens with zero attached hydrogens (tertiary/aromatic N) is 1. The van der Waals surface area contributed by atoms with Gasteiger partial charge >= 0.3 is 18.2 Å². The van der Waals surface area contributed by atoms with Crippen molar-refractivity contribution in [1.29, 1.82) is 0 Å². The smallest absolute Gasteiger partial charge is 0.449 e. The molecular formula is C30H26F3N5O5. The number of pyridine rings is 1. The highest BCUT2D eigenvalue weighted by atomic mass is 19.4. The minimum Gasteiger partial charge on any atom is -0.449 e. The normalized spacial score (nSPS) is 15.8. The molecule has 3 heterocycles. The van der Waals surface area contributed by atoms with E-state index in [-0.39, 0.29) is 18.8 Å². The Kier molecular flexibility index (Phi) is 8.06. The van der Waals surface area contributed by atoms with Crippen LogP contribution in [0.15, 0.2) is 66.9 Å². The molecule has 0 saturated heterocycles. The van der Waals surface area contributed by atoms with Crippen molar-refractivity contribution >= 4 is 45.9 Å². The first-order chi connectivity index (χ1) is 20.5. The molecule has 0 saturated carbocycles. The van der Waals surface area contributed by atoms with Gasteiger partial charge in [0.05, 0.1) is 12.3 Å². The van der Waals surface area contributed by atoms with Crippen molar-refractivity contribution in [3.8, 4) is 5.75 Å². The summed E-state index contributed by atoms with van der Waals surface area (Å²) in [5, 5.41) is 10.0. The van der Waals surface area contributed by atoms with E-state index in [2.05, 4.69) is 25.7 Å². The van der Waals surface area contributed by atoms with Crippen molar-refractivity contribution in [3.63, 3.8) is 0 Å². The number of nitrogens with two attached hydrogens (primary N) is 1. The van der Waals surface area contributed by atoms with E-state index in [4.69, 9.17) is 10.5 Å². The van der Waals surface area contributed by atoms with E-state index in [0.29, 0.717) is 29.1 Å². The first kappa shape index (κ1) is 29.2. The summed E-state index contributed by atoms with van der Waals surface area (Å²) in [5.74, 6) is -2.99. The van der Waals surface area contributed by atoms with Gasteiger partial charge in [-0.15, -0.1) is 0 Å². The van der Waals surface area contributed by atoms with Crippen LogP contribution < -0.4 is 26.4 Å². The monoisotopic (exact) mass is 593 g/mol. The van der Waals surface area contributed by atoms with Crippen LogP contribution in [0.5, 0.6) is 5.75 Å². The molecule has 6 rings (SSSR count). The molecule has 10 nitrogen and oxygen atoms in total. The fourth-order valence-electron chi connectivity index (χ4n) is 4.66. The predicted molar refractivity (Wildman–Crippen MR) is 152 cm³/mol. The average Bonchev–Trinajstić information content (AvgIpc) is 2.95. The fraction of sp³-hybridized carbons (Fsp3) is 0.200. The number of aryl methyl sites for hydroxylation is 1. The number of nitrogen functional groups attached to an aromatic ring is 1. The zero-order valence-electron chi connectivity index (χ0n) is 22.7. The summed E-state index contributed by atoms with van der Waals surface area (Å²) in [4.78, 5) is 41.6. The second-order valence-corrected chi connectivity index (χ2v) is 9.84. The topological polar surface area (TPSA) is 145 Å². The highest BCUT2D eigenvalue weighted by Crippen LogP contribution is 2.30. The summed E-state index contributed by atoms with van der Waals surface area (Å²) in [6.45, 7) is 1.76. The maximum Gasteiger partial charge on any atom is 0.491 e. The van der Waals surface area contributed by atoms with Crippen LogP contribution in [0.4, 0.5) is 35.2 Å². The summed E-state index contributed by atoms with van der Waals surface area (Å²) in [7, 11) is 0. The Bertz CT molecular complexity index is 1730. The summed E-state index contributed by atoms with van der Waals surface area (Å²) < 4.78 is 48.2. The van der Waals surface area contributed by atoms with Crippen LogP contribution in [0.2, 0.25) is 0 Å². The average molecular weight is 594 g/mol. The molecule has 13 heteroatoms. The third kappa shape index (κ3) is 6.77. The van der Waals surface area contributed by atoms with Gasteiger partial charge in [0.1, 0.15) is 11.9 Å². The molecule has 43 heavy (non-hydrogen) atoms. The fourth-order valence-corrected chi connectivity index (χ4v) is 4.66. The molecule has 1 unspecified atom stereocenters. The van der Waals surface area contributed by atoms with E-state index in [1.54, 1.807) is 12.3 Å². The number of benzene rings is 3. The third-order valence-electron chi connectivity index (χ3n) is 6.85. The number of hydrogen-bond donors (Lipinski definition) is 4. The zero-order chi connectivity index (χ0) is 30.7. The minimum absolute atomic E-state index is 0.0410. The number of nitrogens with one attached hydrogen (secondary N) is 3. The Morgan fingerprint density at radius 1 is 1.09 bits per heavy atom. The Labute approximate surface area is 243 Å². The first-order valence-electron chi connectivity index (χ1n) is 13.1. The lowest BCUT2D eigenvalue weighted by atomic mass is 9.97. The first-order valence-corrected chi connectivity index (χ1v) is 13.1. The van der Waals surface area contributed by atoms with E-state index in [0.717, 1.165) is 28.0 Å². The second-order valence-electron chi connectivity index (χ2n) is 9.84. The van der Waals surface area contributed by atoms with E-state index < -0.39 is 35.9 Å². The van der Waals surface area contributed by atoms with Crippen LogP contribution in [0.1, 0.15) is 28.3 Å². The molecule has 0 aliphatic carbocycles. The van der Waals surface area contributed by atoms with Crippen LogP contribution in [0, 0.1) is 6.92 Å². The number of fused-ring (bicyclic) bond motifs is 10. The number of ether oxygens (including phenoxy) is 2. The molecule has 4 bridgehead atoms. The van der Waals surface area contributed by atoms with E-state index in [1.165, 1.54) is 12.1 Å². The highest BCUT2D eigenvalue weighted by Gasteiger charge is 2.41. The summed E-state index contributed by atoms with van der Waals surface area (Å²) in [6.07, 6.45) is -4.27. The molecular weight excluding hydrogens is 567 g/mol. The van der Waals surface area contributed by atoms with Gasteiger partial charge in [0.2, 0.25) is 5.91 Å². The van der Waals surface area contributed by atoms with Crippen LogP contribution >= 0.6 is 0 Å². The Morgan fingerprint density at radius 2 is 1.91 bits per heavy atom. The minimum atomic E-state index is -5.25. The van der Waals surface area contributed by atoms with Gasteiger partial charge in [-0.2, -0.15) is 13.2 Å². The molecule has 222 valence electrons. The highest BCUT2D eigenvalue weighted by molar-refractivity contribution is 5.94. The lowest BCUT2D eigenvalue weighted by Gasteiger charge is -2.22. The van der Waals surface area contributed by atoms with Crippen molar-refractivity contribution < 1.29 is 37.0 Å². The number of alkyl halides is 3. The number of carbonyl (C=O) groups excluding carboxylic acids is 3. The van der Waals surface area contributed by atoms with Crippen LogP contribution in [0.3, 0.4) is 0 Å². The van der Waals surface area contributed by atoms with Gasteiger partial charge in [-0.1, -0.05) is 24.3 Å². The number of carbonyl (C=O) groups is 3. The molecule has 2 aliphatic heterocycles. The van der Waals surface area contributed by atoms with E-state index >= 15 is 0 Å². The van der Waals surface area contributed by atoms with Crippen molar-refractivity contribution in [2.24, 2.45) is 0 Å². The van der Waals surface area contributed by atoms with Gasteiger partial charge in [0.15, 0.2) is 5.75 Å². The number of amides is 2. The predicted octanol–water partition coefficient (Wildman–Crippen LogP) is 5.17. The summed E-state index contributed by atoms with van der Waals surface area (Å²) in [5.41, 5.74) is 9.20. The number of anilines is 3. The Morgan fingerprint density at radius 3 is 2.67 bits per heavy atom. The molecule has 0 radical (unpaired) electrons. The number of rotatable bonds is 3. The molecule has 5 N–H and O–H groups in total. The summed E-state index contributed by atoms with van der Waals surface area (Å²) >= 11 is 0. The van der Waals surface area contributed by atoms with E-state index in [1.807, 2.05) is 43.3 Å². The zero-order valence-corrected chi connectivity index (χ0v) is 22.7. The maximum absolute atomic E-state index is 13.6. The van der Waals surface area contributed by atoms with Crippen LogP contribution in [-0.4, -0.2) is 35.7 Å². The van der Waals surface area contributed by atoms with Gasteiger partial charge in [-0.05, 0) is 71.0 Å². The number of hydrogen-bond acceptors (Lipinski definition) is 8. The number of esters is 1. The molecule has 0 spiro atoms. The lowest BCUT2D eigenvalue weighted by molar-refractivity contribution is -0.189. The Balaban J connectivity index is 1.47. The summed E-state index contributed by atoms with van der Waals surface area (Å²) in [6, 6.07) is 15.7. The Hall–Kier alpha value is -5.33. The number of aromatic nitrogens is 1. The van der Waals surface area contributed by atoms with Crippen molar-refractivity contribution in [2.45, 2.75) is 32.1 Å². The largest absolute Gasteiger partial charge is 0.491 e. The van der Waals surface area contributed by atoms with Crippen molar-refractivity contribution in [2.75, 3.05) is 23.0 Å². The molecule has 2 aliphatic rings. The molecule has 4 aromatic rings. The lowest BCUT2D eigenvalue weighted by Crippen LogP contribution is -2.33. The SMILES string of the molecule is Cc1cc2ccc1CCOC(=O)Nc1cc(ccc1OC(=O)C(F)(F)F)CNC(=O)C2Nc1ccc2c(N)nccc2c1. The number of halogens is 3. The quantitative estimate of drug-likeness (QED) is 0.188. The van der Waals surface area contributed by atoms with Gasteiger partial charge in [0, 0.05) is 30.2 Å². The van der Waals surface area contributed by atoms with Crippen molar-refractivity contribution in [1.82, 2.24) is 10.3 Å². The molecule has 1 atom stereocenters. The van der Waals surface area contributed by atoms with Crippen molar-refractivity contribution in [3.05, 3.63) is 89.1 Å². The third-order valence-corrected chi connectivity index (χ3v) is 6.85. The van der Waals surface area contributed by atoms with Gasteiger partial charge in [-0.3, -0.25) is 10.1 Å². The van der Waals surface area contributed by atoms with Gasteiger partial charge in [0.25, 0.3) is 0 Å². The maximum atomic E-state index is 13.6. The standard InChI is InChI=1S/C30H26F3N5O5/c1-16-12-20-4-3-18(16)9-11-42-29(41)38-23-13-17(2-7-24(23)43-28(40)30(31,32)33)15-36-27(39)25(20)37-21-5-6-22-19(14-21)8-10-35-26(22)34/h2-8,10,12-14,25,37H,9,11,15H2,1H3,(H2,34,35)(H,36,39)(H,38,41). The molecule has 1 aromatic heterocycles. The second kappa shape index (κ2) is 11.9. The van der Waals surface area contributed by atoms with Crippen LogP contribution in [-0.2, 0) is 27.3 Å². The van der Waals surface area contributed by atoms with Gasteiger partial charge < -0.3 is 25.8 Å².